The fourth-order valence-electron chi connectivity index (χ4n) is 2.29. The maximum absolute atomic E-state index is 12.1. The van der Waals surface area contributed by atoms with Crippen LogP contribution in [-0.4, -0.2) is 26.4 Å². The number of thiophene rings is 1. The molecule has 1 N–H and O–H groups in total. The van der Waals surface area contributed by atoms with Gasteiger partial charge in [0.1, 0.15) is 5.76 Å². The molecule has 6 nitrogen and oxygen atoms in total. The highest BCUT2D eigenvalue weighted by molar-refractivity contribution is 7.99. The molecule has 0 unspecified atom stereocenters. The van der Waals surface area contributed by atoms with Crippen molar-refractivity contribution in [3.63, 3.8) is 0 Å². The number of nitrogens with one attached hydrogen (secondary N) is 1. The van der Waals surface area contributed by atoms with Crippen LogP contribution in [0.25, 0.3) is 10.7 Å². The zero-order valence-electron chi connectivity index (χ0n) is 13.4. The second-order valence-electron chi connectivity index (χ2n) is 5.12. The lowest BCUT2D eigenvalue weighted by molar-refractivity contribution is -0.119. The summed E-state index contributed by atoms with van der Waals surface area (Å²) >= 11 is 3.02. The van der Waals surface area contributed by atoms with Gasteiger partial charge in [0.2, 0.25) is 5.91 Å². The highest BCUT2D eigenvalue weighted by atomic mass is 32.2. The van der Waals surface area contributed by atoms with Crippen molar-refractivity contribution < 1.29 is 9.21 Å². The molecule has 1 atom stereocenters. The van der Waals surface area contributed by atoms with Crippen LogP contribution in [0.2, 0.25) is 0 Å². The molecule has 0 radical (unpaired) electrons. The van der Waals surface area contributed by atoms with Gasteiger partial charge in [0.05, 0.1) is 22.9 Å². The Morgan fingerprint density at radius 2 is 2.29 bits per heavy atom. The molecule has 3 heterocycles. The Hall–Kier alpha value is -2.06. The number of carbonyl (C=O) groups is 1. The van der Waals surface area contributed by atoms with Crippen molar-refractivity contribution >= 4 is 29.0 Å². The maximum atomic E-state index is 12.1. The van der Waals surface area contributed by atoms with Gasteiger partial charge in [-0.1, -0.05) is 17.8 Å². The summed E-state index contributed by atoms with van der Waals surface area (Å²) < 4.78 is 7.32. The summed E-state index contributed by atoms with van der Waals surface area (Å²) in [4.78, 5) is 13.2. The summed E-state index contributed by atoms with van der Waals surface area (Å²) in [7, 11) is 0. The van der Waals surface area contributed by atoms with Gasteiger partial charge in [-0.25, -0.2) is 0 Å². The molecule has 0 aliphatic heterocycles. The molecule has 24 heavy (non-hydrogen) atoms. The van der Waals surface area contributed by atoms with Crippen LogP contribution in [0, 0.1) is 0 Å². The normalized spacial score (nSPS) is 12.2. The number of nitrogens with zero attached hydrogens (tertiary/aromatic N) is 3. The van der Waals surface area contributed by atoms with Crippen LogP contribution in [0.5, 0.6) is 0 Å². The van der Waals surface area contributed by atoms with E-state index in [1.807, 2.05) is 48.1 Å². The van der Waals surface area contributed by atoms with Crippen LogP contribution >= 0.6 is 23.1 Å². The minimum Gasteiger partial charge on any atom is -0.467 e. The number of thioether (sulfide) groups is 1. The molecule has 3 rings (SSSR count). The van der Waals surface area contributed by atoms with E-state index in [-0.39, 0.29) is 17.7 Å². The standard InChI is InChI=1S/C16H18N4O2S2/c1-3-20-15(13-7-5-9-23-13)18-19-16(20)24-10-14(21)17-11(2)12-6-4-8-22-12/h4-9,11H,3,10H2,1-2H3,(H,17,21)/t11-/m1/s1. The average molecular weight is 362 g/mol. The SMILES string of the molecule is CCn1c(SCC(=O)N[C@H](C)c2ccco2)nnc1-c1cccs1. The van der Waals surface area contributed by atoms with Crippen molar-refractivity contribution in [1.82, 2.24) is 20.1 Å². The third-order valence-electron chi connectivity index (χ3n) is 3.45. The number of amides is 1. The summed E-state index contributed by atoms with van der Waals surface area (Å²) in [5.41, 5.74) is 0. The van der Waals surface area contributed by atoms with E-state index in [0.717, 1.165) is 28.2 Å². The van der Waals surface area contributed by atoms with Crippen molar-refractivity contribution in [3.8, 4) is 10.7 Å². The second-order valence-corrected chi connectivity index (χ2v) is 7.01. The van der Waals surface area contributed by atoms with Gasteiger partial charge in [-0.05, 0) is 37.4 Å². The molecule has 0 aromatic carbocycles. The number of hydrogen-bond donors (Lipinski definition) is 1. The van der Waals surface area contributed by atoms with Gasteiger partial charge in [-0.2, -0.15) is 0 Å². The molecule has 0 spiro atoms. The summed E-state index contributed by atoms with van der Waals surface area (Å²) in [5.74, 6) is 1.81. The molecule has 0 bridgehead atoms. The molecule has 8 heteroatoms. The van der Waals surface area contributed by atoms with Crippen molar-refractivity contribution in [2.24, 2.45) is 0 Å². The van der Waals surface area contributed by atoms with Crippen molar-refractivity contribution in [1.29, 1.82) is 0 Å². The highest BCUT2D eigenvalue weighted by Gasteiger charge is 2.16. The third kappa shape index (κ3) is 3.70. The van der Waals surface area contributed by atoms with E-state index in [4.69, 9.17) is 4.42 Å². The van der Waals surface area contributed by atoms with Crippen LogP contribution in [0.3, 0.4) is 0 Å². The van der Waals surface area contributed by atoms with E-state index < -0.39 is 0 Å². The van der Waals surface area contributed by atoms with Gasteiger partial charge >= 0.3 is 0 Å². The molecule has 0 saturated heterocycles. The van der Waals surface area contributed by atoms with E-state index in [9.17, 15) is 4.79 Å². The zero-order valence-corrected chi connectivity index (χ0v) is 15.1. The Morgan fingerprint density at radius 3 is 2.96 bits per heavy atom. The van der Waals surface area contributed by atoms with Crippen LogP contribution < -0.4 is 5.32 Å². The molecule has 1 amide bonds. The molecule has 3 aromatic heterocycles. The van der Waals surface area contributed by atoms with Gasteiger partial charge in [0, 0.05) is 6.54 Å². The smallest absolute Gasteiger partial charge is 0.231 e. The van der Waals surface area contributed by atoms with Crippen molar-refractivity contribution in [2.45, 2.75) is 31.6 Å². The summed E-state index contributed by atoms with van der Waals surface area (Å²) in [6.45, 7) is 4.70. The fourth-order valence-corrected chi connectivity index (χ4v) is 3.82. The van der Waals surface area contributed by atoms with E-state index in [2.05, 4.69) is 15.5 Å². The number of furan rings is 1. The first kappa shape index (κ1) is 16.8. The Balaban J connectivity index is 1.61. The molecule has 126 valence electrons. The molecule has 0 fully saturated rings. The number of aromatic nitrogens is 3. The van der Waals surface area contributed by atoms with Crippen molar-refractivity contribution in [3.05, 3.63) is 41.7 Å². The Bertz CT molecular complexity index is 781. The number of rotatable bonds is 7. The third-order valence-corrected chi connectivity index (χ3v) is 5.29. The van der Waals surface area contributed by atoms with Gasteiger partial charge in [0.15, 0.2) is 11.0 Å². The van der Waals surface area contributed by atoms with Crippen LogP contribution in [0.15, 0.2) is 45.5 Å². The largest absolute Gasteiger partial charge is 0.467 e. The first-order valence-corrected chi connectivity index (χ1v) is 9.48. The van der Waals surface area contributed by atoms with Crippen LogP contribution in [-0.2, 0) is 11.3 Å². The monoisotopic (exact) mass is 362 g/mol. The highest BCUT2D eigenvalue weighted by Crippen LogP contribution is 2.27. The maximum Gasteiger partial charge on any atom is 0.231 e. The summed E-state index contributed by atoms with van der Waals surface area (Å²) in [5, 5.41) is 14.2. The average Bonchev–Trinajstić information content (AvgIpc) is 3.33. The van der Waals surface area contributed by atoms with Gasteiger partial charge in [-0.15, -0.1) is 21.5 Å². The predicted molar refractivity (Wildman–Crippen MR) is 95.0 cm³/mol. The van der Waals surface area contributed by atoms with Crippen LogP contribution in [0.1, 0.15) is 25.6 Å². The lowest BCUT2D eigenvalue weighted by Crippen LogP contribution is -2.28. The minimum atomic E-state index is -0.154. The Labute approximate surface area is 148 Å². The lowest BCUT2D eigenvalue weighted by Gasteiger charge is -2.11. The molecule has 0 aliphatic rings. The molecule has 0 aliphatic carbocycles. The molecule has 3 aromatic rings. The Kier molecular flexibility index (Phi) is 5.37. The molecular formula is C16H18N4O2S2. The predicted octanol–water partition coefficient (Wildman–Crippen LogP) is 3.59. The first-order valence-electron chi connectivity index (χ1n) is 7.61. The van der Waals surface area contributed by atoms with Crippen molar-refractivity contribution in [2.75, 3.05) is 5.75 Å². The molecular weight excluding hydrogens is 344 g/mol. The quantitative estimate of drug-likeness (QED) is 0.650. The fraction of sp³-hybridized carbons (Fsp3) is 0.312. The first-order chi connectivity index (χ1) is 11.7. The Morgan fingerprint density at radius 1 is 1.42 bits per heavy atom. The topological polar surface area (TPSA) is 73.0 Å². The van der Waals surface area contributed by atoms with E-state index in [1.165, 1.54) is 11.8 Å². The summed E-state index contributed by atoms with van der Waals surface area (Å²) in [6, 6.07) is 7.51. The van der Waals surface area contributed by atoms with Crippen LogP contribution in [0.4, 0.5) is 0 Å². The van der Waals surface area contributed by atoms with E-state index in [0.29, 0.717) is 0 Å². The van der Waals surface area contributed by atoms with Gasteiger partial charge < -0.3 is 14.3 Å². The van der Waals surface area contributed by atoms with Gasteiger partial charge in [0.25, 0.3) is 0 Å². The van der Waals surface area contributed by atoms with E-state index >= 15 is 0 Å². The minimum absolute atomic E-state index is 0.0628. The number of hydrogen-bond acceptors (Lipinski definition) is 6. The second kappa shape index (κ2) is 7.67. The lowest BCUT2D eigenvalue weighted by atomic mass is 10.2. The van der Waals surface area contributed by atoms with Gasteiger partial charge in [-0.3, -0.25) is 4.79 Å². The zero-order chi connectivity index (χ0) is 16.9. The molecule has 0 saturated carbocycles. The van der Waals surface area contributed by atoms with E-state index in [1.54, 1.807) is 17.6 Å². The summed E-state index contributed by atoms with van der Waals surface area (Å²) in [6.07, 6.45) is 1.60. The number of carbonyl (C=O) groups excluding carboxylic acids is 1.